The second-order valence-corrected chi connectivity index (χ2v) is 17.1. The average molecular weight is 784 g/mol. The summed E-state index contributed by atoms with van der Waals surface area (Å²) in [7, 11) is -1.72. The molecule has 0 N–H and O–H groups in total. The van der Waals surface area contributed by atoms with Crippen molar-refractivity contribution in [2.45, 2.75) is 66.0 Å². The van der Waals surface area contributed by atoms with E-state index in [1.54, 1.807) is 32.3 Å². The van der Waals surface area contributed by atoms with Crippen LogP contribution in [0.4, 0.5) is 4.39 Å². The molecule has 0 amide bonds. The first-order valence-corrected chi connectivity index (χ1v) is 17.8. The van der Waals surface area contributed by atoms with Gasteiger partial charge >= 0.3 is 0 Å². The van der Waals surface area contributed by atoms with Gasteiger partial charge in [-0.1, -0.05) is 112 Å². The fourth-order valence-electron chi connectivity index (χ4n) is 5.03. The fraction of sp³-hybridized carbons (Fsp3) is 0.263. The van der Waals surface area contributed by atoms with Crippen molar-refractivity contribution in [2.24, 2.45) is 0 Å². The van der Waals surface area contributed by atoms with Gasteiger partial charge in [0.05, 0.1) is 13.7 Å². The van der Waals surface area contributed by atoms with E-state index in [2.05, 4.69) is 47.8 Å². The number of halogens is 1. The Morgan fingerprint density at radius 1 is 0.886 bits per heavy atom. The Morgan fingerprint density at radius 3 is 2.32 bits per heavy atom. The van der Waals surface area contributed by atoms with E-state index >= 15 is 0 Å². The average Bonchev–Trinajstić information content (AvgIpc) is 3.38. The second-order valence-electron chi connectivity index (χ2n) is 12.1. The van der Waals surface area contributed by atoms with Crippen LogP contribution < -0.4 is 5.19 Å². The number of hydrogen-bond donors (Lipinski definition) is 0. The summed E-state index contributed by atoms with van der Waals surface area (Å²) in [5.41, 5.74) is 5.42. The topological polar surface area (TPSA) is 38.9 Å². The molecule has 0 saturated heterocycles. The fourth-order valence-corrected chi connectivity index (χ4v) is 6.61. The van der Waals surface area contributed by atoms with Gasteiger partial charge in [0.15, 0.2) is 0 Å². The molecule has 3 aromatic carbocycles. The Labute approximate surface area is 282 Å². The van der Waals surface area contributed by atoms with Gasteiger partial charge in [-0.25, -0.2) is 0 Å². The summed E-state index contributed by atoms with van der Waals surface area (Å²) in [5.74, 6) is -2.18. The van der Waals surface area contributed by atoms with Gasteiger partial charge < -0.3 is 14.4 Å². The number of furan rings is 1. The van der Waals surface area contributed by atoms with E-state index in [0.717, 1.165) is 55.6 Å². The van der Waals surface area contributed by atoms with Crippen molar-refractivity contribution in [3.63, 3.8) is 0 Å². The van der Waals surface area contributed by atoms with Crippen LogP contribution in [0.25, 0.3) is 44.5 Å². The van der Waals surface area contributed by atoms with Gasteiger partial charge in [-0.15, -0.1) is 42.0 Å². The van der Waals surface area contributed by atoms with Crippen LogP contribution in [-0.2, 0) is 20.1 Å². The normalized spacial score (nSPS) is 14.0. The Hall–Kier alpha value is -3.44. The van der Waals surface area contributed by atoms with E-state index in [4.69, 9.17) is 11.3 Å². The predicted octanol–water partition coefficient (Wildman–Crippen LogP) is 10.2. The predicted molar refractivity (Wildman–Crippen MR) is 180 cm³/mol. The van der Waals surface area contributed by atoms with Crippen LogP contribution in [0.2, 0.25) is 19.6 Å². The van der Waals surface area contributed by atoms with Gasteiger partial charge in [-0.2, -0.15) is 0 Å². The summed E-state index contributed by atoms with van der Waals surface area (Å²) < 4.78 is 59.3. The minimum Gasteiger partial charge on any atom is -0.501 e. The number of nitrogens with zero attached hydrogens (tertiary/aromatic N) is 2. The molecule has 6 heteroatoms. The van der Waals surface area contributed by atoms with E-state index in [0.29, 0.717) is 5.69 Å². The zero-order valence-electron chi connectivity index (χ0n) is 31.0. The van der Waals surface area contributed by atoms with E-state index in [1.807, 2.05) is 56.3 Å². The molecule has 0 fully saturated rings. The maximum Gasteiger partial charge on any atom is 0.120 e. The van der Waals surface area contributed by atoms with Gasteiger partial charge in [-0.3, -0.25) is 4.39 Å². The number of benzene rings is 3. The Balaban J connectivity index is 0.000000217. The molecule has 6 aromatic rings. The molecule has 1 radical (unpaired) electrons. The monoisotopic (exact) mass is 784 g/mol. The van der Waals surface area contributed by atoms with Crippen LogP contribution in [0.3, 0.4) is 0 Å². The maximum atomic E-state index is 14.5. The molecule has 0 unspecified atom stereocenters. The summed E-state index contributed by atoms with van der Waals surface area (Å²) in [5, 5.41) is 3.22. The summed E-state index contributed by atoms with van der Waals surface area (Å²) >= 11 is 0. The number of pyridine rings is 2. The van der Waals surface area contributed by atoms with Crippen LogP contribution in [0, 0.1) is 24.8 Å². The molecule has 0 bridgehead atoms. The van der Waals surface area contributed by atoms with Gasteiger partial charge in [-0.05, 0) is 40.5 Å². The van der Waals surface area contributed by atoms with Crippen molar-refractivity contribution in [1.29, 1.82) is 0 Å². The van der Waals surface area contributed by atoms with Crippen LogP contribution in [0.5, 0.6) is 0 Å². The smallest absolute Gasteiger partial charge is 0.120 e. The first-order chi connectivity index (χ1) is 22.2. The van der Waals surface area contributed by atoms with Crippen LogP contribution in [-0.4, -0.2) is 18.0 Å². The summed E-state index contributed by atoms with van der Waals surface area (Å²) in [6.07, 6.45) is 3.48. The minimum absolute atomic E-state index is 0. The molecule has 3 nitrogen and oxygen atoms in total. The number of hydrogen-bond acceptors (Lipinski definition) is 3. The van der Waals surface area contributed by atoms with Gasteiger partial charge in [0, 0.05) is 50.6 Å². The van der Waals surface area contributed by atoms with Gasteiger partial charge in [0.2, 0.25) is 0 Å². The van der Waals surface area contributed by atoms with E-state index in [9.17, 15) is 4.39 Å². The van der Waals surface area contributed by atoms with Crippen LogP contribution in [0.1, 0.15) is 63.0 Å². The van der Waals surface area contributed by atoms with Crippen LogP contribution in [0.15, 0.2) is 83.5 Å². The standard InChI is InChI=1S/C20H16NO.C18H23FNSi.Ir/c1-13(2)14-10-11-21-18(12-14)17-8-5-7-16-15-6-3-4-9-19(15)22-20(16)17;1-12(2)15-10-17(20-11-18(15)21(4,5)6)14-8-7-13(3)9-16(14)19;/h3-7,9-13H,1-2H3;7,9-12H,1-6H3;/q2*-1;/i13D;3D3,12D;. The van der Waals surface area contributed by atoms with Crippen molar-refractivity contribution in [3.05, 3.63) is 114 Å². The molecular formula is C38H39FIrN2OSi-2. The molecule has 0 aliphatic heterocycles. The zero-order chi connectivity index (χ0) is 35.2. The largest absolute Gasteiger partial charge is 0.501 e. The molecule has 0 aliphatic carbocycles. The summed E-state index contributed by atoms with van der Waals surface area (Å²) in [6, 6.07) is 25.8. The minimum atomic E-state index is -2.38. The van der Waals surface area contributed by atoms with Gasteiger partial charge in [0.25, 0.3) is 0 Å². The molecule has 0 spiro atoms. The van der Waals surface area contributed by atoms with Crippen molar-refractivity contribution in [3.8, 4) is 22.5 Å². The Morgan fingerprint density at radius 2 is 1.64 bits per heavy atom. The number of fused-ring (bicyclic) bond motifs is 3. The first-order valence-electron chi connectivity index (χ1n) is 16.8. The molecule has 44 heavy (non-hydrogen) atoms. The summed E-state index contributed by atoms with van der Waals surface area (Å²) in [4.78, 5) is 8.85. The third-order valence-electron chi connectivity index (χ3n) is 7.33. The molecule has 6 rings (SSSR count). The Bertz CT molecular complexity index is 2110. The molecule has 229 valence electrons. The molecule has 0 aliphatic rings. The molecule has 3 heterocycles. The molecule has 0 atom stereocenters. The number of para-hydroxylation sites is 1. The van der Waals surface area contributed by atoms with Crippen molar-refractivity contribution >= 4 is 35.2 Å². The first kappa shape index (κ1) is 26.9. The van der Waals surface area contributed by atoms with E-state index < -0.39 is 32.5 Å². The van der Waals surface area contributed by atoms with E-state index in [1.165, 1.54) is 6.07 Å². The number of rotatable bonds is 5. The third-order valence-corrected chi connectivity index (χ3v) is 9.35. The molecule has 3 aromatic heterocycles. The van der Waals surface area contributed by atoms with Crippen molar-refractivity contribution < 1.29 is 35.8 Å². The maximum absolute atomic E-state index is 14.5. The van der Waals surface area contributed by atoms with E-state index in [-0.39, 0.29) is 31.2 Å². The zero-order valence-corrected chi connectivity index (χ0v) is 29.4. The SMILES string of the molecule is [2H]C(C)(C)c1ccnc(-c2[c-]ccc3c2oc2ccccc23)c1.[2H]C([2H])([2H])c1c[c-]c(-c2cc(C([2H])(C)C)c([Si](C)(C)C)cn2)c(F)c1.[Ir]. The van der Waals surface area contributed by atoms with Crippen molar-refractivity contribution in [1.82, 2.24) is 9.97 Å². The quantitative estimate of drug-likeness (QED) is 0.129. The molecular weight excluding hydrogens is 740 g/mol. The molecule has 0 saturated carbocycles. The Kier molecular flexibility index (Phi) is 8.37. The van der Waals surface area contributed by atoms with Crippen molar-refractivity contribution in [2.75, 3.05) is 0 Å². The third kappa shape index (κ3) is 7.09. The summed E-state index contributed by atoms with van der Waals surface area (Å²) in [6.45, 7) is 11.5. The van der Waals surface area contributed by atoms with Crippen LogP contribution >= 0.6 is 0 Å². The number of aryl methyl sites for hydroxylation is 1. The second kappa shape index (κ2) is 13.7. The van der Waals surface area contributed by atoms with Gasteiger partial charge in [0.1, 0.15) is 5.58 Å². The number of aromatic nitrogens is 2.